The number of rotatable bonds is 3. The van der Waals surface area contributed by atoms with Crippen LogP contribution in [-0.4, -0.2) is 9.55 Å². The van der Waals surface area contributed by atoms with Gasteiger partial charge in [-0.3, -0.25) is 0 Å². The summed E-state index contributed by atoms with van der Waals surface area (Å²) < 4.78 is 45.6. The van der Waals surface area contributed by atoms with Gasteiger partial charge in [0.15, 0.2) is 11.6 Å². The van der Waals surface area contributed by atoms with Gasteiger partial charge in [0.25, 0.3) is 0 Å². The Morgan fingerprint density at radius 1 is 1.24 bits per heavy atom. The van der Waals surface area contributed by atoms with Gasteiger partial charge in [0.05, 0.1) is 22.9 Å². The Bertz CT molecular complexity index is 757. The third kappa shape index (κ3) is 2.41. The summed E-state index contributed by atoms with van der Waals surface area (Å²) in [6.07, 6.45) is -2.00. The van der Waals surface area contributed by atoms with Crippen molar-refractivity contribution in [1.82, 2.24) is 9.55 Å². The average molecular weight is 294 g/mol. The highest BCUT2D eigenvalue weighted by Gasteiger charge is 2.31. The summed E-state index contributed by atoms with van der Waals surface area (Å²) in [4.78, 5) is 4.32. The van der Waals surface area contributed by atoms with E-state index in [2.05, 4.69) is 4.98 Å². The van der Waals surface area contributed by atoms with Crippen LogP contribution in [0.4, 0.5) is 13.2 Å². The Morgan fingerprint density at radius 3 is 2.67 bits per heavy atom. The van der Waals surface area contributed by atoms with Gasteiger partial charge >= 0.3 is 6.18 Å². The van der Waals surface area contributed by atoms with E-state index in [0.717, 1.165) is 18.6 Å². The second-order valence-corrected chi connectivity index (χ2v) is 4.77. The quantitative estimate of drug-likeness (QED) is 0.699. The molecule has 0 saturated heterocycles. The molecule has 3 aromatic rings. The first kappa shape index (κ1) is 13.7. The molecule has 0 aliphatic carbocycles. The lowest BCUT2D eigenvalue weighted by Crippen LogP contribution is -2.04. The van der Waals surface area contributed by atoms with Crippen LogP contribution in [0, 0.1) is 0 Å². The van der Waals surface area contributed by atoms with E-state index in [1.165, 1.54) is 12.3 Å². The third-order valence-electron chi connectivity index (χ3n) is 3.26. The second-order valence-electron chi connectivity index (χ2n) is 4.77. The van der Waals surface area contributed by atoms with Crippen LogP contribution in [-0.2, 0) is 12.7 Å². The molecule has 0 unspecified atom stereocenters. The van der Waals surface area contributed by atoms with Gasteiger partial charge in [0, 0.05) is 6.54 Å². The van der Waals surface area contributed by atoms with Crippen molar-refractivity contribution in [2.24, 2.45) is 0 Å². The first-order valence-electron chi connectivity index (χ1n) is 6.62. The minimum Gasteiger partial charge on any atom is -0.461 e. The van der Waals surface area contributed by atoms with Crippen LogP contribution in [0.1, 0.15) is 18.9 Å². The molecule has 0 saturated carbocycles. The molecule has 6 heteroatoms. The average Bonchev–Trinajstić information content (AvgIpc) is 3.05. The van der Waals surface area contributed by atoms with Crippen molar-refractivity contribution < 1.29 is 17.6 Å². The summed E-state index contributed by atoms with van der Waals surface area (Å²) in [6.45, 7) is 2.67. The first-order valence-corrected chi connectivity index (χ1v) is 6.62. The minimum atomic E-state index is -4.37. The fourth-order valence-corrected chi connectivity index (χ4v) is 2.35. The molecule has 0 atom stereocenters. The minimum absolute atomic E-state index is 0.324. The van der Waals surface area contributed by atoms with Crippen molar-refractivity contribution in [2.75, 3.05) is 0 Å². The Labute approximate surface area is 119 Å². The Hall–Kier alpha value is -2.24. The van der Waals surface area contributed by atoms with E-state index >= 15 is 0 Å². The van der Waals surface area contributed by atoms with Crippen LogP contribution in [0.25, 0.3) is 22.6 Å². The molecule has 21 heavy (non-hydrogen) atoms. The SMILES string of the molecule is CCCn1c(-c2ccco2)nc2cc(C(F)(F)F)ccc21. The number of hydrogen-bond donors (Lipinski definition) is 0. The largest absolute Gasteiger partial charge is 0.461 e. The van der Waals surface area contributed by atoms with E-state index in [1.807, 2.05) is 11.5 Å². The molecule has 1 aromatic carbocycles. The van der Waals surface area contributed by atoms with Gasteiger partial charge in [-0.1, -0.05) is 6.92 Å². The summed E-state index contributed by atoms with van der Waals surface area (Å²) in [5, 5.41) is 0. The molecule has 3 nitrogen and oxygen atoms in total. The number of fused-ring (bicyclic) bond motifs is 1. The van der Waals surface area contributed by atoms with Crippen molar-refractivity contribution >= 4 is 11.0 Å². The maximum atomic E-state index is 12.8. The molecule has 0 bridgehead atoms. The molecule has 0 aliphatic rings. The van der Waals surface area contributed by atoms with E-state index < -0.39 is 11.7 Å². The van der Waals surface area contributed by atoms with E-state index in [0.29, 0.717) is 29.2 Å². The summed E-state index contributed by atoms with van der Waals surface area (Å²) in [7, 11) is 0. The molecule has 110 valence electrons. The van der Waals surface area contributed by atoms with E-state index in [-0.39, 0.29) is 0 Å². The van der Waals surface area contributed by atoms with Crippen LogP contribution in [0.5, 0.6) is 0 Å². The number of benzene rings is 1. The molecular formula is C15H13F3N2O. The number of imidazole rings is 1. The van der Waals surface area contributed by atoms with Crippen LogP contribution in [0.15, 0.2) is 41.0 Å². The lowest BCUT2D eigenvalue weighted by molar-refractivity contribution is -0.137. The molecule has 2 aromatic heterocycles. The zero-order chi connectivity index (χ0) is 15.0. The summed E-state index contributed by atoms with van der Waals surface area (Å²) >= 11 is 0. The van der Waals surface area contributed by atoms with Gasteiger partial charge < -0.3 is 8.98 Å². The summed E-state index contributed by atoms with van der Waals surface area (Å²) in [5.74, 6) is 1.10. The molecule has 0 radical (unpaired) electrons. The predicted molar refractivity (Wildman–Crippen MR) is 72.7 cm³/mol. The fourth-order valence-electron chi connectivity index (χ4n) is 2.35. The molecule has 0 aliphatic heterocycles. The summed E-state index contributed by atoms with van der Waals surface area (Å²) in [5.41, 5.74) is 0.308. The molecule has 2 heterocycles. The Kier molecular flexibility index (Phi) is 3.23. The van der Waals surface area contributed by atoms with Crippen LogP contribution in [0.2, 0.25) is 0 Å². The van der Waals surface area contributed by atoms with Gasteiger partial charge in [-0.05, 0) is 36.8 Å². The fraction of sp³-hybridized carbons (Fsp3) is 0.267. The molecule has 0 spiro atoms. The van der Waals surface area contributed by atoms with E-state index in [1.54, 1.807) is 12.1 Å². The standard InChI is InChI=1S/C15H13F3N2O/c1-2-7-20-12-6-5-10(15(16,17)18)9-11(12)19-14(20)13-4-3-8-21-13/h3-6,8-9H,2,7H2,1H3. The molecule has 0 amide bonds. The van der Waals surface area contributed by atoms with Crippen LogP contribution >= 0.6 is 0 Å². The predicted octanol–water partition coefficient (Wildman–Crippen LogP) is 4.73. The Balaban J connectivity index is 2.21. The third-order valence-corrected chi connectivity index (χ3v) is 3.26. The van der Waals surface area contributed by atoms with Gasteiger partial charge in [0.1, 0.15) is 0 Å². The molecular weight excluding hydrogens is 281 g/mol. The highest BCUT2D eigenvalue weighted by atomic mass is 19.4. The molecule has 0 N–H and O–H groups in total. The van der Waals surface area contributed by atoms with Crippen molar-refractivity contribution in [2.45, 2.75) is 26.1 Å². The Morgan fingerprint density at radius 2 is 2.05 bits per heavy atom. The maximum absolute atomic E-state index is 12.8. The number of aryl methyl sites for hydroxylation is 1. The van der Waals surface area contributed by atoms with Gasteiger partial charge in [-0.25, -0.2) is 4.98 Å². The van der Waals surface area contributed by atoms with Crippen LogP contribution < -0.4 is 0 Å². The van der Waals surface area contributed by atoms with Gasteiger partial charge in [-0.2, -0.15) is 13.2 Å². The number of alkyl halides is 3. The maximum Gasteiger partial charge on any atom is 0.416 e. The number of furan rings is 1. The van der Waals surface area contributed by atoms with Crippen molar-refractivity contribution in [3.05, 3.63) is 42.2 Å². The first-order chi connectivity index (χ1) is 10.0. The highest BCUT2D eigenvalue weighted by molar-refractivity contribution is 5.80. The topological polar surface area (TPSA) is 31.0 Å². The summed E-state index contributed by atoms with van der Waals surface area (Å²) in [6, 6.07) is 7.10. The lowest BCUT2D eigenvalue weighted by atomic mass is 10.2. The second kappa shape index (κ2) is 4.95. The van der Waals surface area contributed by atoms with Crippen LogP contribution in [0.3, 0.4) is 0 Å². The van der Waals surface area contributed by atoms with Gasteiger partial charge in [-0.15, -0.1) is 0 Å². The van der Waals surface area contributed by atoms with Gasteiger partial charge in [0.2, 0.25) is 0 Å². The van der Waals surface area contributed by atoms with Crippen molar-refractivity contribution in [3.8, 4) is 11.6 Å². The van der Waals surface area contributed by atoms with Crippen molar-refractivity contribution in [1.29, 1.82) is 0 Å². The number of aromatic nitrogens is 2. The zero-order valence-electron chi connectivity index (χ0n) is 11.3. The number of hydrogen-bond acceptors (Lipinski definition) is 2. The monoisotopic (exact) mass is 294 g/mol. The van der Waals surface area contributed by atoms with E-state index in [4.69, 9.17) is 4.42 Å². The van der Waals surface area contributed by atoms with E-state index in [9.17, 15) is 13.2 Å². The normalized spacial score (nSPS) is 12.2. The molecule has 0 fully saturated rings. The zero-order valence-corrected chi connectivity index (χ0v) is 11.3. The van der Waals surface area contributed by atoms with Crippen molar-refractivity contribution in [3.63, 3.8) is 0 Å². The lowest BCUT2D eigenvalue weighted by Gasteiger charge is -2.07. The smallest absolute Gasteiger partial charge is 0.416 e. The number of nitrogens with zero attached hydrogens (tertiary/aromatic N) is 2. The highest BCUT2D eigenvalue weighted by Crippen LogP contribution is 2.33. The number of halogens is 3. The molecule has 3 rings (SSSR count).